The molecule has 3 aromatic carbocycles. The van der Waals surface area contributed by atoms with Gasteiger partial charge in [0.25, 0.3) is 0 Å². The first-order chi connectivity index (χ1) is 13.8. The molecule has 0 saturated carbocycles. The van der Waals surface area contributed by atoms with Crippen LogP contribution in [-0.4, -0.2) is 25.2 Å². The number of hydrogen-bond donors (Lipinski definition) is 1. The van der Waals surface area contributed by atoms with E-state index in [0.717, 1.165) is 16.2 Å². The Morgan fingerprint density at radius 3 is 2.32 bits per heavy atom. The van der Waals surface area contributed by atoms with Crippen LogP contribution in [0.4, 0.5) is 0 Å². The Bertz CT molecular complexity index is 917. The molecule has 3 aromatic rings. The monoisotopic (exact) mass is 391 g/mol. The number of carbonyl (C=O) groups is 1. The van der Waals surface area contributed by atoms with E-state index in [1.165, 1.54) is 0 Å². The maximum Gasteiger partial charge on any atom is 0.238 e. The summed E-state index contributed by atoms with van der Waals surface area (Å²) in [6.07, 6.45) is -0.211. The lowest BCUT2D eigenvalue weighted by Crippen LogP contribution is -2.41. The van der Waals surface area contributed by atoms with Crippen molar-refractivity contribution in [3.05, 3.63) is 90.5 Å². The highest BCUT2D eigenvalue weighted by atomic mass is 32.2. The van der Waals surface area contributed by atoms with Crippen LogP contribution in [0.2, 0.25) is 0 Å². The van der Waals surface area contributed by atoms with E-state index in [4.69, 9.17) is 9.47 Å². The average molecular weight is 391 g/mol. The zero-order valence-corrected chi connectivity index (χ0v) is 16.1. The van der Waals surface area contributed by atoms with Gasteiger partial charge in [0.2, 0.25) is 5.91 Å². The second-order valence-electron chi connectivity index (χ2n) is 6.46. The lowest BCUT2D eigenvalue weighted by molar-refractivity contribution is -0.121. The van der Waals surface area contributed by atoms with Gasteiger partial charge in [-0.15, -0.1) is 11.8 Å². The van der Waals surface area contributed by atoms with Gasteiger partial charge < -0.3 is 14.8 Å². The molecule has 1 aliphatic heterocycles. The van der Waals surface area contributed by atoms with Crippen LogP contribution in [0.25, 0.3) is 0 Å². The van der Waals surface area contributed by atoms with Gasteiger partial charge in [-0.2, -0.15) is 0 Å². The van der Waals surface area contributed by atoms with Gasteiger partial charge in [-0.3, -0.25) is 4.79 Å². The van der Waals surface area contributed by atoms with Crippen LogP contribution < -0.4 is 14.8 Å². The molecule has 0 spiro atoms. The fraction of sp³-hybridized carbons (Fsp3) is 0.174. The molecule has 28 heavy (non-hydrogen) atoms. The molecule has 2 atom stereocenters. The van der Waals surface area contributed by atoms with E-state index in [1.54, 1.807) is 11.8 Å². The minimum absolute atomic E-state index is 0.0393. The molecular formula is C23H21NO3S. The zero-order valence-electron chi connectivity index (χ0n) is 15.3. The number of para-hydroxylation sites is 2. The van der Waals surface area contributed by atoms with Crippen LogP contribution in [0.3, 0.4) is 0 Å². The molecule has 1 heterocycles. The van der Waals surface area contributed by atoms with E-state index in [9.17, 15) is 4.79 Å². The van der Waals surface area contributed by atoms with Crippen LogP contribution >= 0.6 is 11.8 Å². The Labute approximate surface area is 168 Å². The van der Waals surface area contributed by atoms with Gasteiger partial charge in [0.1, 0.15) is 18.0 Å². The van der Waals surface area contributed by atoms with Crippen LogP contribution in [0.1, 0.15) is 10.8 Å². The molecule has 0 fully saturated rings. The molecule has 142 valence electrons. The van der Waals surface area contributed by atoms with Crippen LogP contribution in [0, 0.1) is 0 Å². The molecule has 1 N–H and O–H groups in total. The van der Waals surface area contributed by atoms with Gasteiger partial charge in [0.15, 0.2) is 11.5 Å². The summed E-state index contributed by atoms with van der Waals surface area (Å²) in [6, 6.07) is 27.4. The number of thioether (sulfide) groups is 1. The lowest BCUT2D eigenvalue weighted by Gasteiger charge is -2.27. The number of ether oxygens (including phenoxy) is 2. The van der Waals surface area contributed by atoms with Crippen LogP contribution in [-0.2, 0) is 4.79 Å². The number of carbonyl (C=O) groups excluding carboxylic acids is 1. The SMILES string of the molecule is O=C(NC[C@@H]1COc2ccccc2O1)[C@H](Sc1ccccc1)c1ccccc1. The number of rotatable bonds is 6. The van der Waals surface area contributed by atoms with E-state index in [2.05, 4.69) is 5.32 Å². The Kier molecular flexibility index (Phi) is 5.83. The van der Waals surface area contributed by atoms with Gasteiger partial charge in [-0.05, 0) is 29.8 Å². The quantitative estimate of drug-likeness (QED) is 0.630. The Morgan fingerprint density at radius 1 is 0.929 bits per heavy atom. The maximum absolute atomic E-state index is 13.0. The van der Waals surface area contributed by atoms with Gasteiger partial charge in [-0.1, -0.05) is 60.7 Å². The normalized spacial score (nSPS) is 16.2. The summed E-state index contributed by atoms with van der Waals surface area (Å²) >= 11 is 1.54. The maximum atomic E-state index is 13.0. The summed E-state index contributed by atoms with van der Waals surface area (Å²) in [5, 5.41) is 2.70. The topological polar surface area (TPSA) is 47.6 Å². The third-order valence-corrected chi connectivity index (χ3v) is 5.68. The molecule has 1 amide bonds. The third-order valence-electron chi connectivity index (χ3n) is 4.41. The highest BCUT2D eigenvalue weighted by molar-refractivity contribution is 8.00. The van der Waals surface area contributed by atoms with Crippen LogP contribution in [0.5, 0.6) is 11.5 Å². The summed E-state index contributed by atoms with van der Waals surface area (Å²) in [6.45, 7) is 0.810. The summed E-state index contributed by atoms with van der Waals surface area (Å²) in [4.78, 5) is 14.1. The smallest absolute Gasteiger partial charge is 0.238 e. The first-order valence-corrected chi connectivity index (χ1v) is 10.1. The van der Waals surface area contributed by atoms with Crippen molar-refractivity contribution in [3.63, 3.8) is 0 Å². The molecular weight excluding hydrogens is 370 g/mol. The number of fused-ring (bicyclic) bond motifs is 1. The number of hydrogen-bond acceptors (Lipinski definition) is 4. The van der Waals surface area contributed by atoms with Gasteiger partial charge >= 0.3 is 0 Å². The fourth-order valence-corrected chi connectivity index (χ4v) is 4.08. The lowest BCUT2D eigenvalue weighted by atomic mass is 10.1. The largest absolute Gasteiger partial charge is 0.486 e. The highest BCUT2D eigenvalue weighted by Crippen LogP contribution is 2.35. The molecule has 0 aliphatic carbocycles. The van der Waals surface area contributed by atoms with E-state index in [-0.39, 0.29) is 17.3 Å². The van der Waals surface area contributed by atoms with E-state index < -0.39 is 0 Å². The standard InChI is InChI=1S/C23H21NO3S/c25-23(24-15-18-16-26-20-13-7-8-14-21(20)27-18)22(17-9-3-1-4-10-17)28-19-11-5-2-6-12-19/h1-14,18,22H,15-16H2,(H,24,25)/t18-,22-/m1/s1. The second-order valence-corrected chi connectivity index (χ2v) is 7.64. The zero-order chi connectivity index (χ0) is 19.2. The fourth-order valence-electron chi connectivity index (χ4n) is 3.01. The molecule has 4 rings (SSSR count). The minimum Gasteiger partial charge on any atom is -0.486 e. The van der Waals surface area contributed by atoms with Crippen molar-refractivity contribution in [2.24, 2.45) is 0 Å². The van der Waals surface area contributed by atoms with Gasteiger partial charge in [0.05, 0.1) is 6.54 Å². The second kappa shape index (κ2) is 8.85. The Balaban J connectivity index is 1.43. The van der Waals surface area contributed by atoms with Crippen molar-refractivity contribution >= 4 is 17.7 Å². The summed E-state index contributed by atoms with van der Waals surface area (Å²) in [5.74, 6) is 1.42. The number of benzene rings is 3. The van der Waals surface area contributed by atoms with Gasteiger partial charge in [0, 0.05) is 4.90 Å². The van der Waals surface area contributed by atoms with Crippen molar-refractivity contribution in [2.75, 3.05) is 13.2 Å². The molecule has 5 heteroatoms. The molecule has 0 saturated heterocycles. The molecule has 0 radical (unpaired) electrons. The number of amides is 1. The third kappa shape index (κ3) is 4.49. The first-order valence-electron chi connectivity index (χ1n) is 9.22. The summed E-state index contributed by atoms with van der Waals surface area (Å²) < 4.78 is 11.7. The summed E-state index contributed by atoms with van der Waals surface area (Å²) in [7, 11) is 0. The molecule has 0 unspecified atom stereocenters. The molecule has 0 aromatic heterocycles. The predicted octanol–water partition coefficient (Wildman–Crippen LogP) is 4.48. The van der Waals surface area contributed by atoms with E-state index >= 15 is 0 Å². The number of nitrogens with one attached hydrogen (secondary N) is 1. The van der Waals surface area contributed by atoms with Crippen molar-refractivity contribution in [3.8, 4) is 11.5 Å². The van der Waals surface area contributed by atoms with E-state index in [0.29, 0.717) is 18.9 Å². The minimum atomic E-state index is -0.333. The van der Waals surface area contributed by atoms with Crippen molar-refractivity contribution in [1.82, 2.24) is 5.32 Å². The molecule has 4 nitrogen and oxygen atoms in total. The van der Waals surface area contributed by atoms with Crippen molar-refractivity contribution < 1.29 is 14.3 Å². The highest BCUT2D eigenvalue weighted by Gasteiger charge is 2.25. The first kappa shape index (κ1) is 18.4. The molecule has 1 aliphatic rings. The average Bonchev–Trinajstić information content (AvgIpc) is 2.77. The van der Waals surface area contributed by atoms with E-state index in [1.807, 2.05) is 84.9 Å². The summed E-state index contributed by atoms with van der Waals surface area (Å²) in [5.41, 5.74) is 0.972. The Hall–Kier alpha value is -2.92. The Morgan fingerprint density at radius 2 is 1.57 bits per heavy atom. The van der Waals surface area contributed by atoms with Gasteiger partial charge in [-0.25, -0.2) is 0 Å². The molecule has 0 bridgehead atoms. The van der Waals surface area contributed by atoms with Crippen molar-refractivity contribution in [1.29, 1.82) is 0 Å². The van der Waals surface area contributed by atoms with Crippen LogP contribution in [0.15, 0.2) is 89.8 Å². The van der Waals surface area contributed by atoms with Crippen molar-refractivity contribution in [2.45, 2.75) is 16.2 Å². The predicted molar refractivity (Wildman–Crippen MR) is 111 cm³/mol.